The second-order valence-corrected chi connectivity index (χ2v) is 2.25. The number of hydrogen-bond acceptors (Lipinski definition) is 3. The predicted molar refractivity (Wildman–Crippen MR) is 46.1 cm³/mol. The van der Waals surface area contributed by atoms with Crippen LogP contribution in [0.25, 0.3) is 0 Å². The van der Waals surface area contributed by atoms with Gasteiger partial charge in [-0.3, -0.25) is 4.79 Å². The highest BCUT2D eigenvalue weighted by atomic mass is 35.5. The molecule has 0 aliphatic heterocycles. The molecule has 0 aromatic rings. The van der Waals surface area contributed by atoms with Crippen LogP contribution in [0.3, 0.4) is 0 Å². The maximum Gasteiger partial charge on any atom is 0.341 e. The van der Waals surface area contributed by atoms with Crippen LogP contribution in [0.15, 0.2) is 11.6 Å². The maximum absolute atomic E-state index is 11.0. The summed E-state index contributed by atoms with van der Waals surface area (Å²) in [5.74, 6) is -1.21. The van der Waals surface area contributed by atoms with Crippen molar-refractivity contribution in [3.05, 3.63) is 11.6 Å². The summed E-state index contributed by atoms with van der Waals surface area (Å²) < 4.78 is 4.63. The van der Waals surface area contributed by atoms with Crippen molar-refractivity contribution >= 4 is 23.4 Å². The van der Waals surface area contributed by atoms with Gasteiger partial charge in [-0.05, 0) is 13.8 Å². The molecule has 0 bridgehead atoms. The smallest absolute Gasteiger partial charge is 0.341 e. The average Bonchev–Trinajstić information content (AvgIpc) is 2.06. The van der Waals surface area contributed by atoms with Crippen LogP contribution in [-0.4, -0.2) is 24.2 Å². The van der Waals surface area contributed by atoms with Gasteiger partial charge in [-0.1, -0.05) is 6.08 Å². The second kappa shape index (κ2) is 5.77. The predicted octanol–water partition coefficient (Wildman–Crippen LogP) is 1.30. The summed E-state index contributed by atoms with van der Waals surface area (Å²) in [4.78, 5) is 22.0. The van der Waals surface area contributed by atoms with Crippen LogP contribution < -0.4 is 0 Å². The van der Waals surface area contributed by atoms with Crippen LogP contribution in [0.5, 0.6) is 0 Å². The molecule has 0 saturated heterocycles. The van der Waals surface area contributed by atoms with Crippen molar-refractivity contribution in [1.82, 2.24) is 0 Å². The number of halogens is 1. The lowest BCUT2D eigenvalue weighted by Crippen LogP contribution is -2.16. The van der Waals surface area contributed by atoms with Crippen molar-refractivity contribution in [2.24, 2.45) is 0 Å². The van der Waals surface area contributed by atoms with Crippen LogP contribution >= 0.6 is 11.6 Å². The van der Waals surface area contributed by atoms with Crippen molar-refractivity contribution in [2.75, 3.05) is 12.5 Å². The number of esters is 1. The molecule has 4 heteroatoms. The third-order valence-electron chi connectivity index (χ3n) is 1.21. The van der Waals surface area contributed by atoms with Gasteiger partial charge in [0.05, 0.1) is 18.1 Å². The first-order valence-corrected chi connectivity index (χ1v) is 4.13. The van der Waals surface area contributed by atoms with Gasteiger partial charge in [0.2, 0.25) is 0 Å². The molecule has 0 aromatic carbocycles. The number of carbonyl (C=O) groups is 2. The Balaban J connectivity index is 4.37. The Morgan fingerprint density at radius 3 is 2.42 bits per heavy atom. The Morgan fingerprint density at radius 1 is 1.50 bits per heavy atom. The van der Waals surface area contributed by atoms with E-state index in [4.69, 9.17) is 11.6 Å². The summed E-state index contributed by atoms with van der Waals surface area (Å²) in [6, 6.07) is 0. The van der Waals surface area contributed by atoms with E-state index < -0.39 is 11.8 Å². The third-order valence-corrected chi connectivity index (χ3v) is 1.45. The zero-order valence-corrected chi connectivity index (χ0v) is 7.85. The number of ether oxygens (including phenoxy) is 1. The molecule has 68 valence electrons. The minimum Gasteiger partial charge on any atom is -0.462 e. The summed E-state index contributed by atoms with van der Waals surface area (Å²) in [6.45, 7) is 3.53. The van der Waals surface area contributed by atoms with Gasteiger partial charge >= 0.3 is 5.97 Å². The highest BCUT2D eigenvalue weighted by molar-refractivity contribution is 6.34. The van der Waals surface area contributed by atoms with Crippen LogP contribution in [0.4, 0.5) is 0 Å². The lowest BCUT2D eigenvalue weighted by atomic mass is 10.2. The van der Waals surface area contributed by atoms with E-state index in [-0.39, 0.29) is 18.1 Å². The molecule has 12 heavy (non-hydrogen) atoms. The van der Waals surface area contributed by atoms with Gasteiger partial charge in [0.25, 0.3) is 0 Å². The Bertz CT molecular complexity index is 208. The number of Topliss-reactive ketones (excluding diaryl/α,β-unsaturated/α-hetero) is 1. The summed E-state index contributed by atoms with van der Waals surface area (Å²) >= 11 is 5.27. The van der Waals surface area contributed by atoms with Gasteiger partial charge in [-0.15, -0.1) is 11.6 Å². The van der Waals surface area contributed by atoms with Crippen molar-refractivity contribution in [3.8, 4) is 0 Å². The fourth-order valence-electron chi connectivity index (χ4n) is 0.674. The molecule has 0 rings (SSSR count). The standard InChI is InChI=1S/C8H11ClO3/c1-3-6(7(10)5-9)8(11)12-4-2/h3H,4-5H2,1-2H3. The highest BCUT2D eigenvalue weighted by Crippen LogP contribution is 2.01. The first-order valence-electron chi connectivity index (χ1n) is 3.59. The van der Waals surface area contributed by atoms with E-state index in [1.807, 2.05) is 0 Å². The molecule has 0 unspecified atom stereocenters. The Kier molecular flexibility index (Phi) is 5.37. The molecule has 0 N–H and O–H groups in total. The third kappa shape index (κ3) is 3.05. The van der Waals surface area contributed by atoms with E-state index in [1.54, 1.807) is 13.8 Å². The number of alkyl halides is 1. The molecule has 0 heterocycles. The van der Waals surface area contributed by atoms with E-state index in [2.05, 4.69) is 4.74 Å². The SMILES string of the molecule is CC=C(C(=O)CCl)C(=O)OCC. The Labute approximate surface area is 76.3 Å². The minimum absolute atomic E-state index is 0.0202. The molecule has 3 nitrogen and oxygen atoms in total. The van der Waals surface area contributed by atoms with Gasteiger partial charge in [0, 0.05) is 0 Å². The Morgan fingerprint density at radius 2 is 2.08 bits per heavy atom. The highest BCUT2D eigenvalue weighted by Gasteiger charge is 2.16. The summed E-state index contributed by atoms with van der Waals surface area (Å²) in [7, 11) is 0. The molecule has 0 fully saturated rings. The van der Waals surface area contributed by atoms with Gasteiger partial charge in [-0.2, -0.15) is 0 Å². The quantitative estimate of drug-likeness (QED) is 0.221. The molecule has 0 amide bonds. The van der Waals surface area contributed by atoms with E-state index in [0.717, 1.165) is 0 Å². The van der Waals surface area contributed by atoms with Crippen LogP contribution in [0.1, 0.15) is 13.8 Å². The van der Waals surface area contributed by atoms with Crippen molar-refractivity contribution in [1.29, 1.82) is 0 Å². The van der Waals surface area contributed by atoms with E-state index in [9.17, 15) is 9.59 Å². The van der Waals surface area contributed by atoms with Crippen LogP contribution in [0, 0.1) is 0 Å². The summed E-state index contributed by atoms with van der Waals surface area (Å²) in [5.41, 5.74) is 0.0202. The van der Waals surface area contributed by atoms with Crippen molar-refractivity contribution < 1.29 is 14.3 Å². The molecule has 0 spiro atoms. The molecule has 0 aliphatic rings. The van der Waals surface area contributed by atoms with Gasteiger partial charge in [0.15, 0.2) is 5.78 Å². The van der Waals surface area contributed by atoms with E-state index in [0.29, 0.717) is 0 Å². The number of allylic oxidation sites excluding steroid dienone is 1. The van der Waals surface area contributed by atoms with Gasteiger partial charge < -0.3 is 4.74 Å². The first kappa shape index (κ1) is 11.2. The number of rotatable bonds is 4. The van der Waals surface area contributed by atoms with E-state index >= 15 is 0 Å². The number of carbonyl (C=O) groups excluding carboxylic acids is 2. The first-order chi connectivity index (χ1) is 5.67. The number of ketones is 1. The van der Waals surface area contributed by atoms with Crippen LogP contribution in [-0.2, 0) is 14.3 Å². The second-order valence-electron chi connectivity index (χ2n) is 1.98. The zero-order chi connectivity index (χ0) is 9.56. The molecule has 0 aromatic heterocycles. The fraction of sp³-hybridized carbons (Fsp3) is 0.500. The number of hydrogen-bond donors (Lipinski definition) is 0. The lowest BCUT2D eigenvalue weighted by Gasteiger charge is -2.02. The lowest BCUT2D eigenvalue weighted by molar-refractivity contribution is -0.139. The molecule has 0 saturated carbocycles. The molecular weight excluding hydrogens is 180 g/mol. The van der Waals surface area contributed by atoms with Gasteiger partial charge in [0.1, 0.15) is 0 Å². The Hall–Kier alpha value is -0.830. The molecule has 0 atom stereocenters. The molecule has 0 radical (unpaired) electrons. The maximum atomic E-state index is 11.0. The normalized spacial score (nSPS) is 11.1. The minimum atomic E-state index is -0.606. The van der Waals surface area contributed by atoms with Crippen molar-refractivity contribution in [2.45, 2.75) is 13.8 Å². The summed E-state index contributed by atoms with van der Waals surface area (Å²) in [5, 5.41) is 0. The molecule has 0 aliphatic carbocycles. The topological polar surface area (TPSA) is 43.4 Å². The summed E-state index contributed by atoms with van der Waals surface area (Å²) in [6.07, 6.45) is 1.41. The van der Waals surface area contributed by atoms with Gasteiger partial charge in [-0.25, -0.2) is 4.79 Å². The molecular formula is C8H11ClO3. The van der Waals surface area contributed by atoms with Crippen molar-refractivity contribution in [3.63, 3.8) is 0 Å². The largest absolute Gasteiger partial charge is 0.462 e. The zero-order valence-electron chi connectivity index (χ0n) is 7.09. The van der Waals surface area contributed by atoms with E-state index in [1.165, 1.54) is 6.08 Å². The fourth-order valence-corrected chi connectivity index (χ4v) is 0.817. The average molecular weight is 191 g/mol. The monoisotopic (exact) mass is 190 g/mol. The van der Waals surface area contributed by atoms with Crippen LogP contribution in [0.2, 0.25) is 0 Å².